The number of guanidine groups is 1. The first-order valence-corrected chi connectivity index (χ1v) is 6.80. The number of nitrogens with zero attached hydrogens (tertiary/aromatic N) is 1. The second-order valence-corrected chi connectivity index (χ2v) is 4.36. The minimum atomic E-state index is -0.226. The van der Waals surface area contributed by atoms with E-state index in [4.69, 9.17) is 0 Å². The summed E-state index contributed by atoms with van der Waals surface area (Å²) in [6, 6.07) is 2.05. The number of rotatable bonds is 6. The van der Waals surface area contributed by atoms with Crippen LogP contribution in [0, 0.1) is 0 Å². The number of esters is 1. The van der Waals surface area contributed by atoms with Crippen LogP contribution < -0.4 is 10.6 Å². The lowest BCUT2D eigenvalue weighted by atomic mass is 10.3. The second kappa shape index (κ2) is 11.0. The van der Waals surface area contributed by atoms with Gasteiger partial charge in [0.05, 0.1) is 20.1 Å². The molecule has 0 aliphatic rings. The molecule has 1 aromatic heterocycles. The van der Waals surface area contributed by atoms with Crippen LogP contribution in [0.15, 0.2) is 21.8 Å². The van der Waals surface area contributed by atoms with Crippen molar-refractivity contribution in [2.75, 3.05) is 20.2 Å². The molecule has 7 heteroatoms. The number of carbonyl (C=O) groups is 1. The largest absolute Gasteiger partial charge is 0.469 e. The lowest BCUT2D eigenvalue weighted by Gasteiger charge is -2.10. The van der Waals surface area contributed by atoms with Gasteiger partial charge in [-0.1, -0.05) is 0 Å². The molecule has 5 nitrogen and oxygen atoms in total. The Morgan fingerprint density at radius 2 is 2.26 bits per heavy atom. The van der Waals surface area contributed by atoms with Crippen molar-refractivity contribution >= 4 is 47.2 Å². The molecule has 19 heavy (non-hydrogen) atoms. The summed E-state index contributed by atoms with van der Waals surface area (Å²) < 4.78 is 4.57. The average molecular weight is 397 g/mol. The third-order valence-electron chi connectivity index (χ3n) is 2.19. The Labute approximate surface area is 134 Å². The molecule has 0 fully saturated rings. The van der Waals surface area contributed by atoms with Crippen LogP contribution in [0.3, 0.4) is 0 Å². The van der Waals surface area contributed by atoms with Gasteiger partial charge in [0.25, 0.3) is 0 Å². The normalized spacial score (nSPS) is 10.5. The van der Waals surface area contributed by atoms with Crippen LogP contribution in [0.25, 0.3) is 0 Å². The first-order chi connectivity index (χ1) is 8.76. The Balaban J connectivity index is 0.00000324. The quantitative estimate of drug-likeness (QED) is 0.334. The molecule has 0 unspecified atom stereocenters. The monoisotopic (exact) mass is 397 g/mol. The number of nitrogens with one attached hydrogen (secondary N) is 2. The lowest BCUT2D eigenvalue weighted by molar-refractivity contribution is -0.140. The minimum absolute atomic E-state index is 0. The Kier molecular flexibility index (Phi) is 10.6. The molecule has 0 radical (unpaired) electrons. The molecule has 0 amide bonds. The molecular formula is C12H20IN3O2S. The van der Waals surface area contributed by atoms with Crippen molar-refractivity contribution in [1.29, 1.82) is 0 Å². The fraction of sp³-hybridized carbons (Fsp3) is 0.500. The molecule has 0 bridgehead atoms. The molecule has 0 saturated heterocycles. The van der Waals surface area contributed by atoms with Crippen molar-refractivity contribution in [1.82, 2.24) is 10.6 Å². The van der Waals surface area contributed by atoms with Gasteiger partial charge in [-0.3, -0.25) is 4.79 Å². The number of hydrogen-bond acceptors (Lipinski definition) is 4. The van der Waals surface area contributed by atoms with E-state index in [1.165, 1.54) is 12.7 Å². The zero-order valence-electron chi connectivity index (χ0n) is 11.1. The topological polar surface area (TPSA) is 62.7 Å². The highest BCUT2D eigenvalue weighted by atomic mass is 127. The molecule has 1 heterocycles. The third-order valence-corrected chi connectivity index (χ3v) is 2.93. The summed E-state index contributed by atoms with van der Waals surface area (Å²) in [6.07, 6.45) is 0.333. The maximum Gasteiger partial charge on any atom is 0.307 e. The van der Waals surface area contributed by atoms with Gasteiger partial charge < -0.3 is 15.4 Å². The number of thiophene rings is 1. The first-order valence-electron chi connectivity index (χ1n) is 5.86. The molecule has 1 aromatic rings. The van der Waals surface area contributed by atoms with Crippen molar-refractivity contribution in [2.24, 2.45) is 4.99 Å². The van der Waals surface area contributed by atoms with Crippen LogP contribution in [0.5, 0.6) is 0 Å². The van der Waals surface area contributed by atoms with E-state index in [-0.39, 0.29) is 29.9 Å². The standard InChI is InChI=1S/C12H19N3O2S.HI/c1-3-13-12(14-6-4-11(16)17-2)15-8-10-5-7-18-9-10;/h5,7,9H,3-4,6,8H2,1-2H3,(H2,13,14,15);1H. The summed E-state index contributed by atoms with van der Waals surface area (Å²) >= 11 is 1.66. The van der Waals surface area contributed by atoms with E-state index in [9.17, 15) is 4.79 Å². The molecule has 0 atom stereocenters. The van der Waals surface area contributed by atoms with Gasteiger partial charge in [-0.15, -0.1) is 24.0 Å². The Hall–Kier alpha value is -0.830. The second-order valence-electron chi connectivity index (χ2n) is 3.58. The van der Waals surface area contributed by atoms with Crippen LogP contribution in [0.1, 0.15) is 18.9 Å². The number of methoxy groups -OCH3 is 1. The van der Waals surface area contributed by atoms with Gasteiger partial charge in [0.2, 0.25) is 0 Å². The number of halogens is 1. The molecule has 0 aliphatic heterocycles. The van der Waals surface area contributed by atoms with Crippen molar-refractivity contribution < 1.29 is 9.53 Å². The van der Waals surface area contributed by atoms with Crippen molar-refractivity contribution in [3.05, 3.63) is 22.4 Å². The molecule has 0 saturated carbocycles. The van der Waals surface area contributed by atoms with E-state index in [2.05, 4.69) is 25.7 Å². The fourth-order valence-electron chi connectivity index (χ4n) is 1.28. The van der Waals surface area contributed by atoms with E-state index < -0.39 is 0 Å². The van der Waals surface area contributed by atoms with Crippen LogP contribution in [-0.2, 0) is 16.1 Å². The average Bonchev–Trinajstić information content (AvgIpc) is 2.88. The van der Waals surface area contributed by atoms with Crippen LogP contribution >= 0.6 is 35.3 Å². The van der Waals surface area contributed by atoms with E-state index in [0.29, 0.717) is 25.5 Å². The molecule has 108 valence electrons. The Bertz CT molecular complexity index is 382. The SMILES string of the molecule is CCNC(=NCc1ccsc1)NCCC(=O)OC.I. The predicted molar refractivity (Wildman–Crippen MR) is 89.2 cm³/mol. The van der Waals surface area contributed by atoms with Crippen molar-refractivity contribution in [2.45, 2.75) is 19.9 Å². The minimum Gasteiger partial charge on any atom is -0.469 e. The summed E-state index contributed by atoms with van der Waals surface area (Å²) in [7, 11) is 1.39. The third kappa shape index (κ3) is 8.04. The highest BCUT2D eigenvalue weighted by molar-refractivity contribution is 14.0. The number of aliphatic imine (C=N–C) groups is 1. The summed E-state index contributed by atoms with van der Waals surface area (Å²) in [5, 5.41) is 10.3. The molecule has 0 aliphatic carbocycles. The number of hydrogen-bond donors (Lipinski definition) is 2. The van der Waals surface area contributed by atoms with Crippen LogP contribution in [0.4, 0.5) is 0 Å². The molecular weight excluding hydrogens is 377 g/mol. The number of ether oxygens (including phenoxy) is 1. The van der Waals surface area contributed by atoms with E-state index in [1.54, 1.807) is 11.3 Å². The van der Waals surface area contributed by atoms with Gasteiger partial charge in [-0.2, -0.15) is 11.3 Å². The van der Waals surface area contributed by atoms with Gasteiger partial charge in [-0.05, 0) is 29.3 Å². The smallest absolute Gasteiger partial charge is 0.307 e. The molecule has 0 spiro atoms. The summed E-state index contributed by atoms with van der Waals surface area (Å²) in [6.45, 7) is 3.94. The fourth-order valence-corrected chi connectivity index (χ4v) is 1.94. The van der Waals surface area contributed by atoms with Gasteiger partial charge in [0, 0.05) is 13.1 Å². The summed E-state index contributed by atoms with van der Waals surface area (Å²) in [5.41, 5.74) is 1.19. The van der Waals surface area contributed by atoms with Gasteiger partial charge in [0.15, 0.2) is 5.96 Å². The van der Waals surface area contributed by atoms with E-state index in [0.717, 1.165) is 6.54 Å². The van der Waals surface area contributed by atoms with Crippen LogP contribution in [-0.4, -0.2) is 32.1 Å². The lowest BCUT2D eigenvalue weighted by Crippen LogP contribution is -2.38. The van der Waals surface area contributed by atoms with Crippen LogP contribution in [0.2, 0.25) is 0 Å². The molecule has 2 N–H and O–H groups in total. The first kappa shape index (κ1) is 18.2. The van der Waals surface area contributed by atoms with E-state index in [1.807, 2.05) is 18.4 Å². The van der Waals surface area contributed by atoms with Crippen molar-refractivity contribution in [3.8, 4) is 0 Å². The Morgan fingerprint density at radius 1 is 1.47 bits per heavy atom. The summed E-state index contributed by atoms with van der Waals surface area (Å²) in [4.78, 5) is 15.4. The highest BCUT2D eigenvalue weighted by Crippen LogP contribution is 2.06. The van der Waals surface area contributed by atoms with Crippen molar-refractivity contribution in [3.63, 3.8) is 0 Å². The zero-order valence-corrected chi connectivity index (χ0v) is 14.3. The van der Waals surface area contributed by atoms with Gasteiger partial charge in [-0.25, -0.2) is 4.99 Å². The maximum absolute atomic E-state index is 11.0. The van der Waals surface area contributed by atoms with Gasteiger partial charge in [0.1, 0.15) is 0 Å². The highest BCUT2D eigenvalue weighted by Gasteiger charge is 2.01. The maximum atomic E-state index is 11.0. The number of carbonyl (C=O) groups excluding carboxylic acids is 1. The predicted octanol–water partition coefficient (Wildman–Crippen LogP) is 1.98. The van der Waals surface area contributed by atoms with E-state index >= 15 is 0 Å². The zero-order chi connectivity index (χ0) is 13.2. The Morgan fingerprint density at radius 3 is 2.84 bits per heavy atom. The molecule has 1 rings (SSSR count). The summed E-state index contributed by atoms with van der Waals surface area (Å²) in [5.74, 6) is 0.490. The molecule has 0 aromatic carbocycles. The van der Waals surface area contributed by atoms with Gasteiger partial charge >= 0.3 is 5.97 Å².